The van der Waals surface area contributed by atoms with Gasteiger partial charge in [-0.2, -0.15) is 0 Å². The Bertz CT molecular complexity index is 1050. The van der Waals surface area contributed by atoms with Gasteiger partial charge in [0.2, 0.25) is 11.8 Å². The van der Waals surface area contributed by atoms with Gasteiger partial charge in [-0.05, 0) is 55.2 Å². The summed E-state index contributed by atoms with van der Waals surface area (Å²) in [5.74, 6) is -2.80. The Balaban J connectivity index is 1.63. The zero-order valence-corrected chi connectivity index (χ0v) is 20.3. The maximum atomic E-state index is 13.5. The molecule has 34 heavy (non-hydrogen) atoms. The van der Waals surface area contributed by atoms with E-state index in [0.717, 1.165) is 16.8 Å². The molecule has 1 unspecified atom stereocenters. The van der Waals surface area contributed by atoms with Gasteiger partial charge in [0.05, 0.1) is 17.4 Å². The summed E-state index contributed by atoms with van der Waals surface area (Å²) in [5.41, 5.74) is 4.04. The Hall–Kier alpha value is -2.81. The van der Waals surface area contributed by atoms with Gasteiger partial charge in [0.25, 0.3) is 0 Å². The molecule has 1 aliphatic carbocycles. The molecular formula is C25H29F2N3O3S. The smallest absolute Gasteiger partial charge is 0.414 e. The number of fused-ring (bicyclic) bond motifs is 1. The van der Waals surface area contributed by atoms with Crippen molar-refractivity contribution in [3.63, 3.8) is 0 Å². The summed E-state index contributed by atoms with van der Waals surface area (Å²) in [6, 6.07) is 13.3. The molecule has 2 amide bonds. The number of carbonyl (C=O) groups excluding carboxylic acids is 2. The van der Waals surface area contributed by atoms with Crippen molar-refractivity contribution in [2.45, 2.75) is 57.6 Å². The van der Waals surface area contributed by atoms with Crippen LogP contribution in [0.25, 0.3) is 11.1 Å². The number of hydrogen-bond donors (Lipinski definition) is 1. The van der Waals surface area contributed by atoms with Crippen LogP contribution in [0.2, 0.25) is 0 Å². The first-order valence-corrected chi connectivity index (χ1v) is 12.6. The maximum absolute atomic E-state index is 13.5. The Kier molecular flexibility index (Phi) is 7.02. The number of ether oxygens (including phenoxy) is 1. The number of amides is 2. The predicted octanol–water partition coefficient (Wildman–Crippen LogP) is 6.32. The zero-order valence-electron chi connectivity index (χ0n) is 19.5. The number of carbonyl (C=O) groups is 2. The number of anilines is 3. The largest absolute Gasteiger partial charge is 0.446 e. The Labute approximate surface area is 202 Å². The average Bonchev–Trinajstić information content (AvgIpc) is 2.80. The van der Waals surface area contributed by atoms with Crippen LogP contribution < -0.4 is 14.5 Å². The molecule has 1 saturated carbocycles. The predicted molar refractivity (Wildman–Crippen MR) is 133 cm³/mol. The molecule has 1 heterocycles. The van der Waals surface area contributed by atoms with E-state index in [1.165, 1.54) is 23.8 Å². The second kappa shape index (κ2) is 9.82. The molecule has 0 aromatic heterocycles. The first-order valence-electron chi connectivity index (χ1n) is 11.4. The SMILES string of the molecule is CSNc1ccc(-c2ccc3c(c2)N(C(=O)OC2CCC(F)(F)CC2)CC(C)N3C(C)=O)cc1. The number of rotatable bonds is 4. The molecular weight excluding hydrogens is 460 g/mol. The zero-order chi connectivity index (χ0) is 24.5. The number of alkyl halides is 2. The van der Waals surface area contributed by atoms with Crippen molar-refractivity contribution in [1.82, 2.24) is 0 Å². The molecule has 1 aliphatic heterocycles. The lowest BCUT2D eigenvalue weighted by Gasteiger charge is -2.41. The number of nitrogens with zero attached hydrogens (tertiary/aromatic N) is 2. The third kappa shape index (κ3) is 5.14. The lowest BCUT2D eigenvalue weighted by atomic mass is 9.94. The van der Waals surface area contributed by atoms with Crippen molar-refractivity contribution < 1.29 is 23.1 Å². The van der Waals surface area contributed by atoms with Crippen LogP contribution >= 0.6 is 11.9 Å². The van der Waals surface area contributed by atoms with E-state index in [4.69, 9.17) is 4.74 Å². The number of nitrogens with one attached hydrogen (secondary N) is 1. The minimum atomic E-state index is -2.69. The molecule has 0 spiro atoms. The van der Waals surface area contributed by atoms with Gasteiger partial charge in [-0.1, -0.05) is 30.1 Å². The van der Waals surface area contributed by atoms with E-state index in [1.807, 2.05) is 55.6 Å². The molecule has 2 aromatic rings. The molecule has 0 saturated heterocycles. The third-order valence-corrected chi connectivity index (χ3v) is 6.78. The molecule has 2 aliphatic rings. The van der Waals surface area contributed by atoms with Gasteiger partial charge in [-0.15, -0.1) is 0 Å². The molecule has 0 bridgehead atoms. The van der Waals surface area contributed by atoms with Crippen LogP contribution in [0.5, 0.6) is 0 Å². The minimum absolute atomic E-state index is 0.114. The lowest BCUT2D eigenvalue weighted by molar-refractivity contribution is -0.117. The summed E-state index contributed by atoms with van der Waals surface area (Å²) in [6.45, 7) is 3.63. The van der Waals surface area contributed by atoms with E-state index in [0.29, 0.717) is 11.4 Å². The van der Waals surface area contributed by atoms with Crippen molar-refractivity contribution >= 4 is 41.0 Å². The summed E-state index contributed by atoms with van der Waals surface area (Å²) in [6.07, 6.45) is 0.588. The van der Waals surface area contributed by atoms with E-state index in [1.54, 1.807) is 4.90 Å². The monoisotopic (exact) mass is 489 g/mol. The van der Waals surface area contributed by atoms with Gasteiger partial charge >= 0.3 is 6.09 Å². The fraction of sp³-hybridized carbons (Fsp3) is 0.440. The Morgan fingerprint density at radius 3 is 2.32 bits per heavy atom. The first-order chi connectivity index (χ1) is 16.2. The summed E-state index contributed by atoms with van der Waals surface area (Å²) >= 11 is 1.51. The summed E-state index contributed by atoms with van der Waals surface area (Å²) in [4.78, 5) is 28.8. The Morgan fingerprint density at radius 2 is 1.71 bits per heavy atom. The molecule has 1 N–H and O–H groups in total. The van der Waals surface area contributed by atoms with Crippen LogP contribution in [0, 0.1) is 0 Å². The van der Waals surface area contributed by atoms with E-state index < -0.39 is 18.1 Å². The number of halogens is 2. The van der Waals surface area contributed by atoms with Crippen molar-refractivity contribution in [2.75, 3.05) is 27.3 Å². The summed E-state index contributed by atoms with van der Waals surface area (Å²) < 4.78 is 35.9. The first kappa shape index (κ1) is 24.3. The maximum Gasteiger partial charge on any atom is 0.414 e. The molecule has 1 atom stereocenters. The third-order valence-electron chi connectivity index (χ3n) is 6.34. The number of hydrogen-bond acceptors (Lipinski definition) is 5. The van der Waals surface area contributed by atoms with Gasteiger partial charge in [0.15, 0.2) is 0 Å². The van der Waals surface area contributed by atoms with Gasteiger partial charge < -0.3 is 14.4 Å². The van der Waals surface area contributed by atoms with E-state index in [2.05, 4.69) is 4.72 Å². The van der Waals surface area contributed by atoms with Crippen LogP contribution in [-0.4, -0.2) is 42.9 Å². The molecule has 182 valence electrons. The highest BCUT2D eigenvalue weighted by Gasteiger charge is 2.39. The standard InChI is InChI=1S/C25H29F2N3O3S/c1-16-15-29(24(32)33-21-10-12-25(26,27)13-11-21)23-14-19(6-9-22(23)30(16)17(2)31)18-4-7-20(8-5-18)28-34-3/h4-9,14,16,21,28H,10-13,15H2,1-3H3. The normalized spacial score (nSPS) is 20.0. The second-order valence-corrected chi connectivity index (χ2v) is 9.49. The molecule has 6 nitrogen and oxygen atoms in total. The highest BCUT2D eigenvalue weighted by Crippen LogP contribution is 2.40. The summed E-state index contributed by atoms with van der Waals surface area (Å²) in [5, 5.41) is 0. The molecule has 2 aromatic carbocycles. The summed E-state index contributed by atoms with van der Waals surface area (Å²) in [7, 11) is 0. The average molecular weight is 490 g/mol. The van der Waals surface area contributed by atoms with E-state index >= 15 is 0 Å². The molecule has 1 fully saturated rings. The highest BCUT2D eigenvalue weighted by atomic mass is 32.2. The van der Waals surface area contributed by atoms with Crippen LogP contribution in [0.3, 0.4) is 0 Å². The van der Waals surface area contributed by atoms with Crippen LogP contribution in [0.1, 0.15) is 39.5 Å². The van der Waals surface area contributed by atoms with Crippen LogP contribution in [-0.2, 0) is 9.53 Å². The van der Waals surface area contributed by atoms with Gasteiger partial charge in [-0.3, -0.25) is 9.69 Å². The second-order valence-electron chi connectivity index (χ2n) is 8.87. The quantitative estimate of drug-likeness (QED) is 0.509. The van der Waals surface area contributed by atoms with Crippen molar-refractivity contribution in [2.24, 2.45) is 0 Å². The molecule has 4 rings (SSSR count). The van der Waals surface area contributed by atoms with Gasteiger partial charge in [0, 0.05) is 38.3 Å². The van der Waals surface area contributed by atoms with E-state index in [-0.39, 0.29) is 44.2 Å². The van der Waals surface area contributed by atoms with Crippen molar-refractivity contribution in [1.29, 1.82) is 0 Å². The molecule has 9 heteroatoms. The minimum Gasteiger partial charge on any atom is -0.446 e. The number of benzene rings is 2. The van der Waals surface area contributed by atoms with Gasteiger partial charge in [-0.25, -0.2) is 13.6 Å². The topological polar surface area (TPSA) is 61.9 Å². The Morgan fingerprint density at radius 1 is 1.06 bits per heavy atom. The lowest BCUT2D eigenvalue weighted by Crippen LogP contribution is -2.52. The fourth-order valence-electron chi connectivity index (χ4n) is 4.64. The van der Waals surface area contributed by atoms with Gasteiger partial charge in [0.1, 0.15) is 6.10 Å². The van der Waals surface area contributed by atoms with Crippen LogP contribution in [0.4, 0.5) is 30.6 Å². The van der Waals surface area contributed by atoms with E-state index in [9.17, 15) is 18.4 Å². The fourth-order valence-corrected chi connectivity index (χ4v) is 5.02. The van der Waals surface area contributed by atoms with Crippen molar-refractivity contribution in [3.05, 3.63) is 42.5 Å². The van der Waals surface area contributed by atoms with Crippen molar-refractivity contribution in [3.8, 4) is 11.1 Å². The van der Waals surface area contributed by atoms with Crippen LogP contribution in [0.15, 0.2) is 42.5 Å². The highest BCUT2D eigenvalue weighted by molar-refractivity contribution is 7.99. The molecule has 0 radical (unpaired) electrons.